The Morgan fingerprint density at radius 3 is 2.55 bits per heavy atom. The number of benzene rings is 1. The topological polar surface area (TPSA) is 58.7 Å². The molecule has 22 heavy (non-hydrogen) atoms. The van der Waals surface area contributed by atoms with E-state index in [2.05, 4.69) is 4.98 Å². The van der Waals surface area contributed by atoms with Gasteiger partial charge in [-0.15, -0.1) is 0 Å². The highest BCUT2D eigenvalue weighted by atomic mass is 35.5. The molecule has 1 heterocycles. The van der Waals surface area contributed by atoms with E-state index in [0.717, 1.165) is 16.3 Å². The second-order valence-electron chi connectivity index (χ2n) is 4.08. The second kappa shape index (κ2) is 6.02. The summed E-state index contributed by atoms with van der Waals surface area (Å²) in [5.41, 5.74) is -1.70. The zero-order chi connectivity index (χ0) is 16.5. The maximum atomic E-state index is 12.7. The van der Waals surface area contributed by atoms with E-state index in [0.29, 0.717) is 6.07 Å². The van der Waals surface area contributed by atoms with E-state index in [4.69, 9.17) is 16.9 Å². The number of hydrogen-bond acceptors (Lipinski definition) is 4. The van der Waals surface area contributed by atoms with Crippen molar-refractivity contribution < 1.29 is 13.2 Å². The number of halogens is 4. The van der Waals surface area contributed by atoms with Gasteiger partial charge in [-0.25, -0.2) is 4.98 Å². The van der Waals surface area contributed by atoms with Gasteiger partial charge in [0.25, 0.3) is 5.56 Å². The minimum absolute atomic E-state index is 0.0962. The van der Waals surface area contributed by atoms with Crippen molar-refractivity contribution >= 4 is 23.4 Å². The fourth-order valence-electron chi connectivity index (χ4n) is 1.71. The smallest absolute Gasteiger partial charge is 0.269 e. The Morgan fingerprint density at radius 2 is 2.05 bits per heavy atom. The first-order valence-corrected chi connectivity index (χ1v) is 7.33. The molecule has 0 fully saturated rings. The zero-order valence-electron chi connectivity index (χ0n) is 11.0. The number of nitrogens with zero attached hydrogens (tertiary/aromatic N) is 3. The summed E-state index contributed by atoms with van der Waals surface area (Å²) in [6.07, 6.45) is -3.20. The number of rotatable bonds is 2. The lowest BCUT2D eigenvalue weighted by Gasteiger charge is -2.13. The molecule has 0 saturated carbocycles. The summed E-state index contributed by atoms with van der Waals surface area (Å²) in [6.45, 7) is 0. The molecule has 0 radical (unpaired) electrons. The van der Waals surface area contributed by atoms with Crippen LogP contribution >= 0.6 is 23.4 Å². The predicted molar refractivity (Wildman–Crippen MR) is 76.3 cm³/mol. The van der Waals surface area contributed by atoms with E-state index in [-0.39, 0.29) is 21.4 Å². The van der Waals surface area contributed by atoms with Gasteiger partial charge in [0.05, 0.1) is 16.3 Å². The molecule has 0 spiro atoms. The lowest BCUT2D eigenvalue weighted by atomic mass is 10.2. The van der Waals surface area contributed by atoms with Crippen molar-refractivity contribution in [2.45, 2.75) is 11.3 Å². The molecule has 0 N–H and O–H groups in total. The summed E-state index contributed by atoms with van der Waals surface area (Å²) in [6, 6.07) is 6.41. The van der Waals surface area contributed by atoms with Gasteiger partial charge in [0.2, 0.25) is 0 Å². The van der Waals surface area contributed by atoms with Gasteiger partial charge in [-0.2, -0.15) is 18.4 Å². The minimum Gasteiger partial charge on any atom is -0.269 e. The van der Waals surface area contributed by atoms with Crippen molar-refractivity contribution in [2.24, 2.45) is 0 Å². The van der Waals surface area contributed by atoms with Gasteiger partial charge in [-0.1, -0.05) is 23.4 Å². The van der Waals surface area contributed by atoms with E-state index in [9.17, 15) is 18.0 Å². The monoisotopic (exact) mass is 345 g/mol. The molecule has 9 heteroatoms. The maximum Gasteiger partial charge on any atom is 0.433 e. The minimum atomic E-state index is -4.70. The molecule has 0 aliphatic rings. The van der Waals surface area contributed by atoms with E-state index in [1.807, 2.05) is 6.07 Å². The molecular weight excluding hydrogens is 339 g/mol. The Hall–Kier alpha value is -1.98. The van der Waals surface area contributed by atoms with Crippen molar-refractivity contribution in [3.63, 3.8) is 0 Å². The summed E-state index contributed by atoms with van der Waals surface area (Å²) in [5.74, 6) is 0. The molecule has 2 aromatic rings. The molecule has 2 rings (SSSR count). The van der Waals surface area contributed by atoms with E-state index >= 15 is 0 Å². The molecule has 0 bridgehead atoms. The SMILES string of the molecule is CSc1nc(C(F)(F)F)cc(=O)n1-c1ccc(C#N)c(Cl)c1. The lowest BCUT2D eigenvalue weighted by Crippen LogP contribution is -2.24. The average Bonchev–Trinajstić information content (AvgIpc) is 2.45. The summed E-state index contributed by atoms with van der Waals surface area (Å²) >= 11 is 6.78. The third-order valence-corrected chi connectivity index (χ3v) is 3.64. The Balaban J connectivity index is 2.69. The van der Waals surface area contributed by atoms with Crippen LogP contribution in [0.5, 0.6) is 0 Å². The number of nitriles is 1. The van der Waals surface area contributed by atoms with Gasteiger partial charge in [-0.3, -0.25) is 9.36 Å². The fraction of sp³-hybridized carbons (Fsp3) is 0.154. The van der Waals surface area contributed by atoms with Crippen LogP contribution < -0.4 is 5.56 Å². The maximum absolute atomic E-state index is 12.7. The Kier molecular flexibility index (Phi) is 4.49. The molecule has 0 saturated heterocycles. The van der Waals surface area contributed by atoms with Crippen molar-refractivity contribution in [2.75, 3.05) is 6.26 Å². The highest BCUT2D eigenvalue weighted by molar-refractivity contribution is 7.98. The third kappa shape index (κ3) is 3.10. The van der Waals surface area contributed by atoms with Crippen molar-refractivity contribution in [3.8, 4) is 11.8 Å². The van der Waals surface area contributed by atoms with Gasteiger partial charge in [0, 0.05) is 6.07 Å². The first-order valence-electron chi connectivity index (χ1n) is 5.73. The van der Waals surface area contributed by atoms with Gasteiger partial charge in [0.1, 0.15) is 6.07 Å². The Bertz CT molecular complexity index is 827. The third-order valence-electron chi connectivity index (χ3n) is 2.69. The number of hydrogen-bond donors (Lipinski definition) is 0. The highest BCUT2D eigenvalue weighted by Gasteiger charge is 2.34. The van der Waals surface area contributed by atoms with Crippen molar-refractivity contribution in [3.05, 3.63) is 50.9 Å². The molecule has 1 aromatic heterocycles. The first kappa shape index (κ1) is 16.4. The zero-order valence-corrected chi connectivity index (χ0v) is 12.6. The summed E-state index contributed by atoms with van der Waals surface area (Å²) in [5, 5.41) is 8.79. The van der Waals surface area contributed by atoms with E-state index in [1.54, 1.807) is 0 Å². The molecule has 0 unspecified atom stereocenters. The van der Waals surface area contributed by atoms with Crippen molar-refractivity contribution in [1.29, 1.82) is 5.26 Å². The van der Waals surface area contributed by atoms with Crippen LogP contribution in [-0.2, 0) is 6.18 Å². The van der Waals surface area contributed by atoms with E-state index < -0.39 is 17.4 Å². The van der Waals surface area contributed by atoms with Crippen LogP contribution in [0, 0.1) is 11.3 Å². The van der Waals surface area contributed by atoms with Gasteiger partial charge >= 0.3 is 6.18 Å². The van der Waals surface area contributed by atoms with Crippen LogP contribution in [0.2, 0.25) is 5.02 Å². The van der Waals surface area contributed by atoms with Crippen LogP contribution in [0.15, 0.2) is 34.2 Å². The summed E-state index contributed by atoms with van der Waals surface area (Å²) < 4.78 is 39.1. The van der Waals surface area contributed by atoms with Crippen LogP contribution in [0.1, 0.15) is 11.3 Å². The van der Waals surface area contributed by atoms with Gasteiger partial charge < -0.3 is 0 Å². The van der Waals surface area contributed by atoms with Gasteiger partial charge in [-0.05, 0) is 24.5 Å². The molecule has 0 amide bonds. The number of alkyl halides is 3. The first-order chi connectivity index (χ1) is 10.3. The average molecular weight is 346 g/mol. The molecule has 0 aliphatic carbocycles. The lowest BCUT2D eigenvalue weighted by molar-refractivity contribution is -0.141. The predicted octanol–water partition coefficient (Wildman–Crippen LogP) is 3.50. The Morgan fingerprint density at radius 1 is 1.36 bits per heavy atom. The van der Waals surface area contributed by atoms with Crippen LogP contribution in [0.3, 0.4) is 0 Å². The van der Waals surface area contributed by atoms with Gasteiger partial charge in [0.15, 0.2) is 10.9 Å². The molecular formula is C13H7ClF3N3OS. The normalized spacial score (nSPS) is 11.3. The molecule has 114 valence electrons. The number of aromatic nitrogens is 2. The van der Waals surface area contributed by atoms with E-state index in [1.165, 1.54) is 24.5 Å². The summed E-state index contributed by atoms with van der Waals surface area (Å²) in [7, 11) is 0. The Labute approximate surface area is 132 Å². The second-order valence-corrected chi connectivity index (χ2v) is 5.26. The van der Waals surface area contributed by atoms with Crippen LogP contribution in [0.25, 0.3) is 5.69 Å². The largest absolute Gasteiger partial charge is 0.433 e. The highest BCUT2D eigenvalue weighted by Crippen LogP contribution is 2.29. The number of thioether (sulfide) groups is 1. The quantitative estimate of drug-likeness (QED) is 0.617. The molecule has 0 aliphatic heterocycles. The fourth-order valence-corrected chi connectivity index (χ4v) is 2.50. The van der Waals surface area contributed by atoms with Crippen LogP contribution in [0.4, 0.5) is 13.2 Å². The molecule has 4 nitrogen and oxygen atoms in total. The standard InChI is InChI=1S/C13H7ClF3N3OS/c1-22-12-19-10(13(15,16)17)5-11(21)20(12)8-3-2-7(6-18)9(14)4-8/h2-5H,1H3. The van der Waals surface area contributed by atoms with Crippen LogP contribution in [-0.4, -0.2) is 15.8 Å². The summed E-state index contributed by atoms with van der Waals surface area (Å²) in [4.78, 5) is 15.5. The molecule has 0 atom stereocenters. The van der Waals surface area contributed by atoms with Crippen molar-refractivity contribution in [1.82, 2.24) is 9.55 Å². The molecule has 1 aromatic carbocycles.